The second-order valence-corrected chi connectivity index (χ2v) is 4.39. The maximum Gasteiger partial charge on any atom is 0.251 e. The number of hydrogen-bond acceptors (Lipinski definition) is 2. The first-order valence-corrected chi connectivity index (χ1v) is 5.89. The summed E-state index contributed by atoms with van der Waals surface area (Å²) >= 11 is 5.99. The zero-order chi connectivity index (χ0) is 14.0. The highest BCUT2D eigenvalue weighted by atomic mass is 35.5. The quantitative estimate of drug-likeness (QED) is 0.850. The fraction of sp³-hybridized carbons (Fsp3) is 0.154. The topological polar surface area (TPSA) is 24.9 Å². The van der Waals surface area contributed by atoms with Crippen LogP contribution in [0.5, 0.6) is 0 Å². The number of anilines is 1. The largest absolute Gasteiger partial charge is 0.361 e. The summed E-state index contributed by atoms with van der Waals surface area (Å²) in [4.78, 5) is 3.20. The molecule has 0 aliphatic heterocycles. The van der Waals surface area contributed by atoms with Gasteiger partial charge in [-0.05, 0) is 18.6 Å². The van der Waals surface area contributed by atoms with Crippen molar-refractivity contribution in [1.82, 2.24) is 4.98 Å². The SMILES string of the molecule is CC(Nc1nc(F)c(F)cc1F)c1ccccc1Cl. The Labute approximate surface area is 113 Å². The minimum absolute atomic E-state index is 0.355. The molecule has 1 unspecified atom stereocenters. The summed E-state index contributed by atoms with van der Waals surface area (Å²) in [7, 11) is 0. The molecule has 0 fully saturated rings. The zero-order valence-corrected chi connectivity index (χ0v) is 10.7. The van der Waals surface area contributed by atoms with Crippen molar-refractivity contribution in [2.45, 2.75) is 13.0 Å². The van der Waals surface area contributed by atoms with Gasteiger partial charge in [0.05, 0.1) is 6.04 Å². The van der Waals surface area contributed by atoms with Gasteiger partial charge in [-0.2, -0.15) is 9.37 Å². The lowest BCUT2D eigenvalue weighted by molar-refractivity contribution is 0.465. The van der Waals surface area contributed by atoms with Gasteiger partial charge in [0, 0.05) is 11.1 Å². The predicted octanol–water partition coefficient (Wildman–Crippen LogP) is 4.33. The molecule has 2 rings (SSSR count). The molecule has 1 aromatic carbocycles. The van der Waals surface area contributed by atoms with Crippen molar-refractivity contribution < 1.29 is 13.2 Å². The van der Waals surface area contributed by atoms with Crippen LogP contribution in [-0.4, -0.2) is 4.98 Å². The molecule has 0 saturated carbocycles. The second kappa shape index (κ2) is 5.48. The van der Waals surface area contributed by atoms with E-state index < -0.39 is 23.6 Å². The van der Waals surface area contributed by atoms with Crippen LogP contribution in [0.2, 0.25) is 5.02 Å². The van der Waals surface area contributed by atoms with Crippen LogP contribution >= 0.6 is 11.6 Å². The molecule has 0 saturated heterocycles. The molecule has 1 heterocycles. The Morgan fingerprint density at radius 3 is 2.53 bits per heavy atom. The summed E-state index contributed by atoms with van der Waals surface area (Å²) in [5, 5.41) is 3.15. The first-order valence-electron chi connectivity index (χ1n) is 5.51. The van der Waals surface area contributed by atoms with Crippen LogP contribution in [0.3, 0.4) is 0 Å². The third-order valence-corrected chi connectivity index (χ3v) is 2.96. The summed E-state index contributed by atoms with van der Waals surface area (Å²) in [5.41, 5.74) is 0.704. The molecule has 0 spiro atoms. The van der Waals surface area contributed by atoms with Gasteiger partial charge in [-0.15, -0.1) is 0 Å². The number of nitrogens with one attached hydrogen (secondary N) is 1. The molecule has 0 aliphatic carbocycles. The van der Waals surface area contributed by atoms with E-state index in [0.29, 0.717) is 16.7 Å². The molecule has 6 heteroatoms. The fourth-order valence-corrected chi connectivity index (χ4v) is 1.95. The van der Waals surface area contributed by atoms with Crippen LogP contribution in [0.25, 0.3) is 0 Å². The molecule has 2 nitrogen and oxygen atoms in total. The lowest BCUT2D eigenvalue weighted by atomic mass is 10.1. The summed E-state index contributed by atoms with van der Waals surface area (Å²) in [6.07, 6.45) is 0. The lowest BCUT2D eigenvalue weighted by Gasteiger charge is -2.16. The number of hydrogen-bond donors (Lipinski definition) is 1. The molecule has 2 aromatic rings. The first-order chi connectivity index (χ1) is 8.99. The smallest absolute Gasteiger partial charge is 0.251 e. The highest BCUT2D eigenvalue weighted by molar-refractivity contribution is 6.31. The van der Waals surface area contributed by atoms with Gasteiger partial charge >= 0.3 is 0 Å². The van der Waals surface area contributed by atoms with E-state index in [9.17, 15) is 13.2 Å². The van der Waals surface area contributed by atoms with Crippen LogP contribution in [0.1, 0.15) is 18.5 Å². The Balaban J connectivity index is 2.27. The van der Waals surface area contributed by atoms with Gasteiger partial charge in [-0.25, -0.2) is 8.78 Å². The minimum Gasteiger partial charge on any atom is -0.361 e. The van der Waals surface area contributed by atoms with E-state index >= 15 is 0 Å². The molecule has 0 aliphatic rings. The van der Waals surface area contributed by atoms with E-state index in [4.69, 9.17) is 11.6 Å². The normalized spacial score (nSPS) is 12.3. The Kier molecular flexibility index (Phi) is 3.95. The molecule has 1 atom stereocenters. The number of halogens is 4. The summed E-state index contributed by atoms with van der Waals surface area (Å²) in [6.45, 7) is 1.71. The monoisotopic (exact) mass is 286 g/mol. The molecule has 1 N–H and O–H groups in total. The molecule has 0 radical (unpaired) electrons. The summed E-state index contributed by atoms with van der Waals surface area (Å²) < 4.78 is 39.2. The molecule has 0 amide bonds. The highest BCUT2D eigenvalue weighted by Crippen LogP contribution is 2.26. The van der Waals surface area contributed by atoms with Gasteiger partial charge in [0.2, 0.25) is 0 Å². The van der Waals surface area contributed by atoms with E-state index in [1.54, 1.807) is 31.2 Å². The third kappa shape index (κ3) is 2.98. The van der Waals surface area contributed by atoms with Crippen LogP contribution in [0, 0.1) is 17.6 Å². The second-order valence-electron chi connectivity index (χ2n) is 3.98. The van der Waals surface area contributed by atoms with E-state index in [2.05, 4.69) is 10.3 Å². The Morgan fingerprint density at radius 2 is 1.84 bits per heavy atom. The van der Waals surface area contributed by atoms with Gasteiger partial charge in [0.25, 0.3) is 5.95 Å². The Bertz CT molecular complexity index is 604. The first kappa shape index (κ1) is 13.7. The van der Waals surface area contributed by atoms with Crippen LogP contribution in [0.15, 0.2) is 30.3 Å². The Hall–Kier alpha value is -1.75. The van der Waals surface area contributed by atoms with E-state index in [1.165, 1.54) is 0 Å². The van der Waals surface area contributed by atoms with Crippen molar-refractivity contribution in [2.75, 3.05) is 5.32 Å². The lowest BCUT2D eigenvalue weighted by Crippen LogP contribution is -2.11. The highest BCUT2D eigenvalue weighted by Gasteiger charge is 2.15. The average Bonchev–Trinajstić information content (AvgIpc) is 2.36. The maximum atomic E-state index is 13.4. The fourth-order valence-electron chi connectivity index (χ4n) is 1.65. The molecule has 19 heavy (non-hydrogen) atoms. The van der Waals surface area contributed by atoms with Crippen LogP contribution in [-0.2, 0) is 0 Å². The van der Waals surface area contributed by atoms with Gasteiger partial charge in [-0.3, -0.25) is 0 Å². The number of aromatic nitrogens is 1. The molecular formula is C13H10ClF3N2. The molecule has 0 bridgehead atoms. The van der Waals surface area contributed by atoms with Crippen LogP contribution in [0.4, 0.5) is 19.0 Å². The van der Waals surface area contributed by atoms with Gasteiger partial charge in [0.1, 0.15) is 0 Å². The number of rotatable bonds is 3. The standard InChI is InChI=1S/C13H10ClF3N2/c1-7(8-4-2-3-5-9(8)14)18-13-11(16)6-10(15)12(17)19-13/h2-7H,1H3,(H,18,19). The van der Waals surface area contributed by atoms with Gasteiger partial charge in [-0.1, -0.05) is 29.8 Å². The van der Waals surface area contributed by atoms with Crippen molar-refractivity contribution in [2.24, 2.45) is 0 Å². The van der Waals surface area contributed by atoms with Crippen molar-refractivity contribution in [3.05, 3.63) is 58.5 Å². The Morgan fingerprint density at radius 1 is 1.16 bits per heavy atom. The van der Waals surface area contributed by atoms with E-state index in [0.717, 1.165) is 0 Å². The van der Waals surface area contributed by atoms with Crippen molar-refractivity contribution in [3.63, 3.8) is 0 Å². The maximum absolute atomic E-state index is 13.4. The number of nitrogens with zero attached hydrogens (tertiary/aromatic N) is 1. The summed E-state index contributed by atoms with van der Waals surface area (Å²) in [5.74, 6) is -3.99. The third-order valence-electron chi connectivity index (χ3n) is 2.61. The van der Waals surface area contributed by atoms with E-state index in [-0.39, 0.29) is 5.82 Å². The van der Waals surface area contributed by atoms with Crippen molar-refractivity contribution >= 4 is 17.4 Å². The number of pyridine rings is 1. The van der Waals surface area contributed by atoms with Crippen LogP contribution < -0.4 is 5.32 Å². The van der Waals surface area contributed by atoms with Crippen molar-refractivity contribution in [1.29, 1.82) is 0 Å². The van der Waals surface area contributed by atoms with Gasteiger partial charge in [0.15, 0.2) is 17.5 Å². The van der Waals surface area contributed by atoms with E-state index in [1.807, 2.05) is 0 Å². The molecule has 100 valence electrons. The van der Waals surface area contributed by atoms with Crippen molar-refractivity contribution in [3.8, 4) is 0 Å². The van der Waals surface area contributed by atoms with Gasteiger partial charge < -0.3 is 5.32 Å². The summed E-state index contributed by atoms with van der Waals surface area (Å²) in [6, 6.07) is 7.01. The molecular weight excluding hydrogens is 277 g/mol. The molecule has 1 aromatic heterocycles. The zero-order valence-electron chi connectivity index (χ0n) is 9.92. The number of benzene rings is 1. The predicted molar refractivity (Wildman–Crippen MR) is 67.6 cm³/mol. The minimum atomic E-state index is -1.35. The average molecular weight is 287 g/mol.